The molecule has 0 aliphatic carbocycles. The lowest BCUT2D eigenvalue weighted by molar-refractivity contribution is -0.299. The van der Waals surface area contributed by atoms with E-state index < -0.39 is 44.4 Å². The molecule has 0 spiro atoms. The van der Waals surface area contributed by atoms with Gasteiger partial charge in [0.2, 0.25) is 6.29 Å². The topological polar surface area (TPSA) is 83.5 Å². The average molecular weight is 450 g/mol. The van der Waals surface area contributed by atoms with Crippen molar-refractivity contribution in [3.8, 4) is 0 Å². The van der Waals surface area contributed by atoms with Gasteiger partial charge in [-0.25, -0.2) is 4.84 Å². The van der Waals surface area contributed by atoms with E-state index in [9.17, 15) is 9.59 Å². The van der Waals surface area contributed by atoms with Gasteiger partial charge in [0.05, 0.1) is 17.7 Å². The second-order valence-electron chi connectivity index (χ2n) is 10.2. The Hall–Kier alpha value is -1.62. The summed E-state index contributed by atoms with van der Waals surface area (Å²) in [5.74, 6) is -1.82. The molecule has 0 radical (unpaired) electrons. The number of hydroxylamine groups is 2. The van der Waals surface area contributed by atoms with Crippen LogP contribution in [0.25, 0.3) is 0 Å². The normalized spacial score (nSPS) is 30.5. The van der Waals surface area contributed by atoms with E-state index in [2.05, 4.69) is 33.9 Å². The third-order valence-electron chi connectivity index (χ3n) is 6.44. The number of rotatable bonds is 4. The molecular weight excluding hydrogens is 418 g/mol. The zero-order chi connectivity index (χ0) is 22.8. The van der Waals surface area contributed by atoms with Crippen molar-refractivity contribution in [1.29, 1.82) is 0 Å². The van der Waals surface area contributed by atoms with Gasteiger partial charge in [0.1, 0.15) is 18.3 Å². The number of carbonyl (C=O) groups excluding carboxylic acids is 2. The van der Waals surface area contributed by atoms with Crippen LogP contribution in [0.1, 0.15) is 55.3 Å². The lowest BCUT2D eigenvalue weighted by Gasteiger charge is -2.45. The highest BCUT2D eigenvalue weighted by atomic mass is 28.4. The largest absolute Gasteiger partial charge is 0.406 e. The maximum atomic E-state index is 12.8. The predicted molar refractivity (Wildman–Crippen MR) is 114 cm³/mol. The molecular formula is C22H31NO7Si. The van der Waals surface area contributed by atoms with Gasteiger partial charge in [-0.2, -0.15) is 0 Å². The Kier molecular flexibility index (Phi) is 5.43. The van der Waals surface area contributed by atoms with Crippen molar-refractivity contribution < 1.29 is 33.1 Å². The number of hydrogen-bond donors (Lipinski definition) is 0. The van der Waals surface area contributed by atoms with Crippen molar-refractivity contribution in [2.24, 2.45) is 0 Å². The highest BCUT2D eigenvalue weighted by molar-refractivity contribution is 6.74. The Bertz CT molecular complexity index is 859. The van der Waals surface area contributed by atoms with Crippen LogP contribution in [0.2, 0.25) is 18.1 Å². The third-order valence-corrected chi connectivity index (χ3v) is 10.9. The molecule has 2 saturated heterocycles. The highest BCUT2D eigenvalue weighted by Crippen LogP contribution is 2.42. The first-order valence-corrected chi connectivity index (χ1v) is 13.5. The number of hydrogen-bond acceptors (Lipinski definition) is 7. The molecule has 3 aliphatic rings. The number of amides is 2. The van der Waals surface area contributed by atoms with E-state index in [0.29, 0.717) is 11.1 Å². The van der Waals surface area contributed by atoms with Gasteiger partial charge < -0.3 is 18.6 Å². The monoisotopic (exact) mass is 449 g/mol. The van der Waals surface area contributed by atoms with Crippen LogP contribution in [0.4, 0.5) is 0 Å². The molecule has 31 heavy (non-hydrogen) atoms. The number of ether oxygens (including phenoxy) is 3. The number of benzene rings is 1. The second kappa shape index (κ2) is 7.46. The van der Waals surface area contributed by atoms with Crippen LogP contribution in [0.5, 0.6) is 0 Å². The SMILES string of the molecule is CC1(C)O[C@H]2[C@H](O[Si](C)(C)C(C)(C)C)C(ON3C(=O)c4ccccc4C3=O)OC[C@H]2O1. The van der Waals surface area contributed by atoms with Crippen molar-refractivity contribution in [3.63, 3.8) is 0 Å². The van der Waals surface area contributed by atoms with Crippen LogP contribution in [-0.4, -0.2) is 62.2 Å². The number of nitrogens with zero attached hydrogens (tertiary/aromatic N) is 1. The van der Waals surface area contributed by atoms with Crippen LogP contribution < -0.4 is 0 Å². The maximum Gasteiger partial charge on any atom is 0.285 e. The summed E-state index contributed by atoms with van der Waals surface area (Å²) in [5, 5.41) is 0.702. The Morgan fingerprint density at radius 1 is 1.06 bits per heavy atom. The summed E-state index contributed by atoms with van der Waals surface area (Å²) in [6.45, 7) is 14.5. The zero-order valence-electron chi connectivity index (χ0n) is 19.1. The van der Waals surface area contributed by atoms with Crippen molar-refractivity contribution in [1.82, 2.24) is 5.06 Å². The Morgan fingerprint density at radius 3 is 2.19 bits per heavy atom. The van der Waals surface area contributed by atoms with Crippen LogP contribution >= 0.6 is 0 Å². The number of carbonyl (C=O) groups is 2. The molecule has 3 heterocycles. The summed E-state index contributed by atoms with van der Waals surface area (Å²) in [4.78, 5) is 31.5. The molecule has 0 saturated carbocycles. The zero-order valence-corrected chi connectivity index (χ0v) is 20.1. The lowest BCUT2D eigenvalue weighted by atomic mass is 10.1. The van der Waals surface area contributed by atoms with Gasteiger partial charge in [0.15, 0.2) is 14.1 Å². The molecule has 9 heteroatoms. The second-order valence-corrected chi connectivity index (χ2v) is 15.0. The molecule has 0 aromatic heterocycles. The van der Waals surface area contributed by atoms with Crippen LogP contribution in [0, 0.1) is 0 Å². The van der Waals surface area contributed by atoms with Gasteiger partial charge in [0, 0.05) is 0 Å². The van der Waals surface area contributed by atoms with Crippen molar-refractivity contribution in [2.45, 2.75) is 83.1 Å². The molecule has 1 unspecified atom stereocenters. The fraction of sp³-hybridized carbons (Fsp3) is 0.636. The van der Waals surface area contributed by atoms with Crippen molar-refractivity contribution in [2.75, 3.05) is 6.61 Å². The van der Waals surface area contributed by atoms with E-state index in [4.69, 9.17) is 23.5 Å². The summed E-state index contributed by atoms with van der Waals surface area (Å²) < 4.78 is 24.7. The van der Waals surface area contributed by atoms with E-state index in [-0.39, 0.29) is 17.7 Å². The molecule has 4 rings (SSSR count). The molecule has 2 amide bonds. The van der Waals surface area contributed by atoms with E-state index in [0.717, 1.165) is 5.06 Å². The molecule has 170 valence electrons. The summed E-state index contributed by atoms with van der Waals surface area (Å²) in [6, 6.07) is 6.64. The van der Waals surface area contributed by atoms with E-state index in [1.54, 1.807) is 24.3 Å². The molecule has 1 aromatic rings. The first-order valence-electron chi connectivity index (χ1n) is 10.6. The van der Waals surface area contributed by atoms with E-state index in [1.165, 1.54) is 0 Å². The summed E-state index contributed by atoms with van der Waals surface area (Å²) in [6.07, 6.45) is -2.43. The maximum absolute atomic E-state index is 12.8. The minimum absolute atomic E-state index is 0.0744. The Balaban J connectivity index is 1.61. The molecule has 0 bridgehead atoms. The number of fused-ring (bicyclic) bond motifs is 2. The molecule has 1 aromatic carbocycles. The van der Waals surface area contributed by atoms with Crippen LogP contribution in [0.15, 0.2) is 24.3 Å². The first kappa shape index (κ1) is 22.6. The molecule has 0 N–H and O–H groups in total. The van der Waals surface area contributed by atoms with Gasteiger partial charge >= 0.3 is 0 Å². The summed E-state index contributed by atoms with van der Waals surface area (Å²) in [5.41, 5.74) is 0.620. The third kappa shape index (κ3) is 3.99. The Morgan fingerprint density at radius 2 is 1.65 bits per heavy atom. The fourth-order valence-corrected chi connectivity index (χ4v) is 5.09. The number of imide groups is 1. The van der Waals surface area contributed by atoms with Crippen molar-refractivity contribution in [3.05, 3.63) is 35.4 Å². The Labute approximate surface area is 183 Å². The molecule has 8 nitrogen and oxygen atoms in total. The van der Waals surface area contributed by atoms with E-state index in [1.807, 2.05) is 13.8 Å². The summed E-state index contributed by atoms with van der Waals surface area (Å²) >= 11 is 0. The summed E-state index contributed by atoms with van der Waals surface area (Å²) in [7, 11) is -2.28. The van der Waals surface area contributed by atoms with Crippen LogP contribution in [-0.2, 0) is 23.5 Å². The van der Waals surface area contributed by atoms with Gasteiger partial charge in [-0.3, -0.25) is 9.59 Å². The standard InChI is InChI=1S/C22H31NO7Si/c1-21(2,3)31(6,7)30-17-16-15(27-22(4,5)28-16)12-26-20(17)29-23-18(24)13-10-8-9-11-14(13)19(23)25/h8-11,15-17,20H,12H2,1-7H3/t15-,16-,17+,20?/m1/s1. The van der Waals surface area contributed by atoms with Crippen LogP contribution in [0.3, 0.4) is 0 Å². The van der Waals surface area contributed by atoms with Gasteiger partial charge in [-0.15, -0.1) is 5.06 Å². The quantitative estimate of drug-likeness (QED) is 0.514. The van der Waals surface area contributed by atoms with Gasteiger partial charge in [-0.1, -0.05) is 32.9 Å². The van der Waals surface area contributed by atoms with E-state index >= 15 is 0 Å². The highest BCUT2D eigenvalue weighted by Gasteiger charge is 2.56. The fourth-order valence-electron chi connectivity index (χ4n) is 3.81. The molecule has 4 atom stereocenters. The molecule has 2 fully saturated rings. The van der Waals surface area contributed by atoms with Crippen molar-refractivity contribution >= 4 is 20.1 Å². The van der Waals surface area contributed by atoms with Gasteiger partial charge in [-0.05, 0) is 44.1 Å². The lowest BCUT2D eigenvalue weighted by Crippen LogP contribution is -2.60. The minimum Gasteiger partial charge on any atom is -0.406 e. The predicted octanol–water partition coefficient (Wildman–Crippen LogP) is 3.48. The van der Waals surface area contributed by atoms with Gasteiger partial charge in [0.25, 0.3) is 11.8 Å². The average Bonchev–Trinajstić information content (AvgIpc) is 3.11. The first-order chi connectivity index (χ1) is 14.3. The minimum atomic E-state index is -2.28. The molecule has 3 aliphatic heterocycles. The smallest absolute Gasteiger partial charge is 0.285 e.